The Labute approximate surface area is 59.2 Å². The number of fused-ring (bicyclic) bond motifs is 1. The number of aromatic nitrogens is 1. The highest BCUT2D eigenvalue weighted by Gasteiger charge is 2.07. The van der Waals surface area contributed by atoms with Crippen LogP contribution in [0, 0.1) is 0 Å². The van der Waals surface area contributed by atoms with Gasteiger partial charge in [0, 0.05) is 12.7 Å². The van der Waals surface area contributed by atoms with Gasteiger partial charge in [0.25, 0.3) is 0 Å². The molecule has 1 aromatic heterocycles. The van der Waals surface area contributed by atoms with Crippen molar-refractivity contribution < 1.29 is 0 Å². The van der Waals surface area contributed by atoms with Crippen LogP contribution in [0.15, 0.2) is 23.3 Å². The minimum Gasteiger partial charge on any atom is -0.382 e. The molecule has 10 heavy (non-hydrogen) atoms. The zero-order chi connectivity index (χ0) is 6.97. The van der Waals surface area contributed by atoms with Crippen LogP contribution in [0.5, 0.6) is 0 Å². The highest BCUT2D eigenvalue weighted by molar-refractivity contribution is 5.96. The first-order valence-electron chi connectivity index (χ1n) is 3.33. The molecule has 0 amide bonds. The Morgan fingerprint density at radius 3 is 3.30 bits per heavy atom. The highest BCUT2D eigenvalue weighted by atomic mass is 15.1. The standard InChI is InChI=1S/C7H9N3/c8-7-6-2-1-4-10(6)5-3-9-7/h1-2,4H,3,5H2,(H2,8,9). The van der Waals surface area contributed by atoms with Gasteiger partial charge in [-0.2, -0.15) is 0 Å². The van der Waals surface area contributed by atoms with Gasteiger partial charge < -0.3 is 10.3 Å². The molecular weight excluding hydrogens is 126 g/mol. The van der Waals surface area contributed by atoms with E-state index in [1.807, 2.05) is 18.3 Å². The molecule has 0 spiro atoms. The van der Waals surface area contributed by atoms with Gasteiger partial charge in [-0.25, -0.2) is 0 Å². The predicted molar refractivity (Wildman–Crippen MR) is 40.0 cm³/mol. The lowest BCUT2D eigenvalue weighted by Crippen LogP contribution is -2.23. The van der Waals surface area contributed by atoms with Gasteiger partial charge >= 0.3 is 0 Å². The molecule has 52 valence electrons. The first kappa shape index (κ1) is 5.53. The minimum atomic E-state index is 0.663. The number of hydrogen-bond donors (Lipinski definition) is 1. The third-order valence-electron chi connectivity index (χ3n) is 1.72. The third-order valence-corrected chi connectivity index (χ3v) is 1.72. The summed E-state index contributed by atoms with van der Waals surface area (Å²) in [6.45, 7) is 1.77. The quantitative estimate of drug-likeness (QED) is 0.543. The fraction of sp³-hybridized carbons (Fsp3) is 0.286. The van der Waals surface area contributed by atoms with Crippen molar-refractivity contribution in [3.63, 3.8) is 0 Å². The highest BCUT2D eigenvalue weighted by Crippen LogP contribution is 2.05. The number of rotatable bonds is 0. The van der Waals surface area contributed by atoms with Crippen LogP contribution in [0.25, 0.3) is 0 Å². The van der Waals surface area contributed by atoms with Crippen molar-refractivity contribution in [3.05, 3.63) is 24.0 Å². The molecule has 0 bridgehead atoms. The number of amidine groups is 1. The Morgan fingerprint density at radius 2 is 2.50 bits per heavy atom. The molecular formula is C7H9N3. The van der Waals surface area contributed by atoms with Crippen LogP contribution >= 0.6 is 0 Å². The van der Waals surface area contributed by atoms with Crippen molar-refractivity contribution in [1.29, 1.82) is 0 Å². The fourth-order valence-electron chi connectivity index (χ4n) is 1.20. The minimum absolute atomic E-state index is 0.663. The SMILES string of the molecule is NC1=NCCn2cccc21. The smallest absolute Gasteiger partial charge is 0.142 e. The van der Waals surface area contributed by atoms with Gasteiger partial charge in [-0.15, -0.1) is 0 Å². The topological polar surface area (TPSA) is 43.3 Å². The van der Waals surface area contributed by atoms with Crippen molar-refractivity contribution >= 4 is 5.84 Å². The van der Waals surface area contributed by atoms with E-state index >= 15 is 0 Å². The van der Waals surface area contributed by atoms with Crippen LogP contribution in [0.2, 0.25) is 0 Å². The van der Waals surface area contributed by atoms with E-state index in [1.165, 1.54) is 0 Å². The number of aliphatic imine (C=N–C) groups is 1. The lowest BCUT2D eigenvalue weighted by Gasteiger charge is -2.11. The lowest BCUT2D eigenvalue weighted by molar-refractivity contribution is 0.688. The molecule has 0 fully saturated rings. The van der Waals surface area contributed by atoms with E-state index in [1.54, 1.807) is 0 Å². The van der Waals surface area contributed by atoms with Gasteiger partial charge in [-0.05, 0) is 12.1 Å². The average molecular weight is 135 g/mol. The summed E-state index contributed by atoms with van der Waals surface area (Å²) < 4.78 is 2.11. The second kappa shape index (κ2) is 1.87. The summed E-state index contributed by atoms with van der Waals surface area (Å²) in [6.07, 6.45) is 2.02. The second-order valence-corrected chi connectivity index (χ2v) is 2.35. The summed E-state index contributed by atoms with van der Waals surface area (Å²) in [4.78, 5) is 4.12. The van der Waals surface area contributed by atoms with Crippen LogP contribution in [0.1, 0.15) is 5.69 Å². The summed E-state index contributed by atoms with van der Waals surface area (Å²) in [5.41, 5.74) is 6.67. The van der Waals surface area contributed by atoms with Crippen LogP contribution in [-0.2, 0) is 6.54 Å². The summed E-state index contributed by atoms with van der Waals surface area (Å²) in [5, 5.41) is 0. The molecule has 3 nitrogen and oxygen atoms in total. The van der Waals surface area contributed by atoms with Crippen molar-refractivity contribution in [2.75, 3.05) is 6.54 Å². The molecule has 2 rings (SSSR count). The van der Waals surface area contributed by atoms with E-state index in [0.29, 0.717) is 5.84 Å². The first-order chi connectivity index (χ1) is 4.88. The van der Waals surface area contributed by atoms with Crippen molar-refractivity contribution in [2.45, 2.75) is 6.54 Å². The molecule has 0 unspecified atom stereocenters. The van der Waals surface area contributed by atoms with Gasteiger partial charge in [0.2, 0.25) is 0 Å². The molecule has 3 heteroatoms. The summed E-state index contributed by atoms with van der Waals surface area (Å²) in [6, 6.07) is 3.97. The monoisotopic (exact) mass is 135 g/mol. The van der Waals surface area contributed by atoms with Gasteiger partial charge in [-0.1, -0.05) is 0 Å². The van der Waals surface area contributed by atoms with E-state index < -0.39 is 0 Å². The third kappa shape index (κ3) is 0.635. The lowest BCUT2D eigenvalue weighted by atomic mass is 10.3. The maximum Gasteiger partial charge on any atom is 0.142 e. The summed E-state index contributed by atoms with van der Waals surface area (Å²) in [7, 11) is 0. The molecule has 0 saturated carbocycles. The van der Waals surface area contributed by atoms with Gasteiger partial charge in [0.15, 0.2) is 0 Å². The zero-order valence-corrected chi connectivity index (χ0v) is 5.62. The second-order valence-electron chi connectivity index (χ2n) is 2.35. The van der Waals surface area contributed by atoms with E-state index in [-0.39, 0.29) is 0 Å². The van der Waals surface area contributed by atoms with E-state index in [4.69, 9.17) is 5.73 Å². The van der Waals surface area contributed by atoms with E-state index in [2.05, 4.69) is 9.56 Å². The molecule has 1 aliphatic rings. The van der Waals surface area contributed by atoms with Crippen LogP contribution < -0.4 is 5.73 Å². The van der Waals surface area contributed by atoms with Gasteiger partial charge in [0.1, 0.15) is 5.84 Å². The molecule has 1 aliphatic heterocycles. The number of hydrogen-bond acceptors (Lipinski definition) is 2. The predicted octanol–water partition coefficient (Wildman–Crippen LogP) is 0.207. The Morgan fingerprint density at radius 1 is 1.60 bits per heavy atom. The first-order valence-corrected chi connectivity index (χ1v) is 3.33. The van der Waals surface area contributed by atoms with Crippen LogP contribution in [-0.4, -0.2) is 16.9 Å². The Kier molecular flexibility index (Phi) is 1.03. The molecule has 0 radical (unpaired) electrons. The van der Waals surface area contributed by atoms with Crippen molar-refractivity contribution in [3.8, 4) is 0 Å². The maximum absolute atomic E-state index is 5.62. The molecule has 2 heterocycles. The van der Waals surface area contributed by atoms with E-state index in [0.717, 1.165) is 18.8 Å². The fourth-order valence-corrected chi connectivity index (χ4v) is 1.20. The molecule has 0 aliphatic carbocycles. The summed E-state index contributed by atoms with van der Waals surface area (Å²) in [5.74, 6) is 0.663. The van der Waals surface area contributed by atoms with Crippen molar-refractivity contribution in [1.82, 2.24) is 4.57 Å². The van der Waals surface area contributed by atoms with Gasteiger partial charge in [0.05, 0.1) is 12.2 Å². The Balaban J connectivity index is 2.55. The molecule has 2 N–H and O–H groups in total. The molecule has 0 atom stereocenters. The Bertz CT molecular complexity index is 272. The zero-order valence-electron chi connectivity index (χ0n) is 5.62. The molecule has 1 aromatic rings. The van der Waals surface area contributed by atoms with Crippen LogP contribution in [0.3, 0.4) is 0 Å². The maximum atomic E-state index is 5.62. The molecule has 0 saturated heterocycles. The summed E-state index contributed by atoms with van der Waals surface area (Å²) >= 11 is 0. The largest absolute Gasteiger partial charge is 0.382 e. The van der Waals surface area contributed by atoms with Crippen LogP contribution in [0.4, 0.5) is 0 Å². The number of nitrogens with zero attached hydrogens (tertiary/aromatic N) is 2. The number of nitrogens with two attached hydrogens (primary N) is 1. The van der Waals surface area contributed by atoms with Crippen molar-refractivity contribution in [2.24, 2.45) is 10.7 Å². The normalized spacial score (nSPS) is 16.2. The van der Waals surface area contributed by atoms with E-state index in [9.17, 15) is 0 Å². The Hall–Kier alpha value is -1.25. The average Bonchev–Trinajstić information content (AvgIpc) is 2.36. The molecule has 0 aromatic carbocycles. The van der Waals surface area contributed by atoms with Gasteiger partial charge in [-0.3, -0.25) is 4.99 Å².